The van der Waals surface area contributed by atoms with Crippen molar-refractivity contribution in [2.75, 3.05) is 20.8 Å². The molecule has 1 aliphatic rings. The molecule has 1 aliphatic heterocycles. The van der Waals surface area contributed by atoms with E-state index < -0.39 is 17.5 Å². The van der Waals surface area contributed by atoms with Gasteiger partial charge in [0.15, 0.2) is 11.6 Å². The molecule has 0 atom stereocenters. The summed E-state index contributed by atoms with van der Waals surface area (Å²) in [6.07, 6.45) is 1.37. The van der Waals surface area contributed by atoms with Gasteiger partial charge in [-0.05, 0) is 31.2 Å². The Kier molecular flexibility index (Phi) is 6.86. The van der Waals surface area contributed by atoms with Gasteiger partial charge in [-0.15, -0.1) is 0 Å². The number of aromatic hydroxyl groups is 1. The monoisotopic (exact) mass is 445 g/mol. The molecule has 2 N–H and O–H groups in total. The van der Waals surface area contributed by atoms with E-state index in [0.717, 1.165) is 17.8 Å². The van der Waals surface area contributed by atoms with Crippen molar-refractivity contribution >= 4 is 34.5 Å². The molecule has 0 amide bonds. The average molecular weight is 445 g/mol. The van der Waals surface area contributed by atoms with E-state index in [2.05, 4.69) is 4.99 Å². The summed E-state index contributed by atoms with van der Waals surface area (Å²) in [6.45, 7) is 1.74. The number of benzene rings is 2. The number of carbonyl (C=O) groups is 1. The van der Waals surface area contributed by atoms with Gasteiger partial charge in [0.05, 0.1) is 25.7 Å². The number of phenols is 1. The maximum Gasteiger partial charge on any atom is 0.344 e. The number of methoxy groups -OCH3 is 2. The van der Waals surface area contributed by atoms with Gasteiger partial charge < -0.3 is 24.4 Å². The number of aliphatic imine (C=N–C) groups is 1. The molecule has 0 saturated carbocycles. The Morgan fingerprint density at radius 3 is 2.65 bits per heavy atom. The van der Waals surface area contributed by atoms with Gasteiger partial charge in [0.1, 0.15) is 33.6 Å². The molecule has 3 rings (SSSR count). The lowest BCUT2D eigenvalue weighted by atomic mass is 10.1. The van der Waals surface area contributed by atoms with Crippen LogP contribution in [0.2, 0.25) is 0 Å². The van der Waals surface area contributed by atoms with Crippen molar-refractivity contribution in [2.45, 2.75) is 6.92 Å². The Morgan fingerprint density at radius 1 is 1.19 bits per heavy atom. The highest BCUT2D eigenvalue weighted by Crippen LogP contribution is 2.42. The van der Waals surface area contributed by atoms with Crippen LogP contribution in [0.25, 0.3) is 6.08 Å². The van der Waals surface area contributed by atoms with Crippen molar-refractivity contribution < 1.29 is 33.6 Å². The van der Waals surface area contributed by atoms with E-state index in [-0.39, 0.29) is 33.5 Å². The predicted octanol–water partition coefficient (Wildman–Crippen LogP) is 4.74. The summed E-state index contributed by atoms with van der Waals surface area (Å²) in [4.78, 5) is 17.2. The molecule has 0 spiro atoms. The number of phenolic OH excluding ortho intramolecular Hbond substituents is 1. The van der Waals surface area contributed by atoms with E-state index in [0.29, 0.717) is 17.2 Å². The Balaban J connectivity index is 2.11. The van der Waals surface area contributed by atoms with Gasteiger partial charge in [0.2, 0.25) is 0 Å². The van der Waals surface area contributed by atoms with Crippen LogP contribution in [0, 0.1) is 5.82 Å². The lowest BCUT2D eigenvalue weighted by molar-refractivity contribution is -0.138. The van der Waals surface area contributed by atoms with Crippen LogP contribution in [0.5, 0.6) is 17.2 Å². The van der Waals surface area contributed by atoms with Crippen molar-refractivity contribution in [1.29, 1.82) is 0 Å². The number of thioether (sulfide) groups is 1. The van der Waals surface area contributed by atoms with Gasteiger partial charge >= 0.3 is 5.97 Å². The van der Waals surface area contributed by atoms with Crippen LogP contribution in [-0.4, -0.2) is 42.1 Å². The summed E-state index contributed by atoms with van der Waals surface area (Å²) in [5.41, 5.74) is 0.405. The molecular weight excluding hydrogens is 425 g/mol. The Hall–Kier alpha value is -3.46. The molecule has 1 heterocycles. The Morgan fingerprint density at radius 2 is 1.97 bits per heavy atom. The van der Waals surface area contributed by atoms with E-state index in [1.165, 1.54) is 32.4 Å². The summed E-state index contributed by atoms with van der Waals surface area (Å²) in [7, 11) is 2.99. The molecule has 2 aromatic rings. The minimum Gasteiger partial charge on any atom is -0.506 e. The number of carbonyl (C=O) groups excluding carboxylic acids is 1. The normalized spacial score (nSPS) is 16.1. The molecule has 7 nitrogen and oxygen atoms in total. The van der Waals surface area contributed by atoms with Gasteiger partial charge in [-0.3, -0.25) is 0 Å². The van der Waals surface area contributed by atoms with Crippen LogP contribution in [0.4, 0.5) is 10.1 Å². The predicted molar refractivity (Wildman–Crippen MR) is 117 cm³/mol. The van der Waals surface area contributed by atoms with Crippen LogP contribution >= 0.6 is 11.8 Å². The molecule has 0 fully saturated rings. The Bertz CT molecular complexity index is 1110. The van der Waals surface area contributed by atoms with Crippen molar-refractivity contribution in [2.24, 2.45) is 4.99 Å². The third-order valence-electron chi connectivity index (χ3n) is 4.28. The van der Waals surface area contributed by atoms with E-state index in [9.17, 15) is 19.4 Å². The second kappa shape index (κ2) is 9.57. The van der Waals surface area contributed by atoms with Crippen molar-refractivity contribution in [3.8, 4) is 17.2 Å². The lowest BCUT2D eigenvalue weighted by Gasteiger charge is -2.08. The van der Waals surface area contributed by atoms with Crippen molar-refractivity contribution in [1.82, 2.24) is 0 Å². The number of aliphatic hydroxyl groups is 1. The highest BCUT2D eigenvalue weighted by Gasteiger charge is 2.33. The first-order valence-electron chi connectivity index (χ1n) is 9.18. The number of para-hydroxylation sites is 1. The van der Waals surface area contributed by atoms with E-state index >= 15 is 0 Å². The second-order valence-electron chi connectivity index (χ2n) is 6.19. The molecule has 31 heavy (non-hydrogen) atoms. The fourth-order valence-electron chi connectivity index (χ4n) is 2.77. The molecular formula is C22H20FNO6S. The number of hydrogen-bond donors (Lipinski definition) is 2. The number of aliphatic hydroxyl groups excluding tert-OH is 1. The molecule has 0 aliphatic carbocycles. The van der Waals surface area contributed by atoms with Crippen molar-refractivity contribution in [3.63, 3.8) is 0 Å². The summed E-state index contributed by atoms with van der Waals surface area (Å²) in [5.74, 6) is -1.54. The summed E-state index contributed by atoms with van der Waals surface area (Å²) >= 11 is 0.980. The van der Waals surface area contributed by atoms with Crippen molar-refractivity contribution in [3.05, 3.63) is 64.0 Å². The molecule has 2 aromatic carbocycles. The third kappa shape index (κ3) is 4.66. The quantitative estimate of drug-likeness (QED) is 0.620. The van der Waals surface area contributed by atoms with Crippen LogP contribution in [0.15, 0.2) is 57.6 Å². The highest BCUT2D eigenvalue weighted by molar-refractivity contribution is 8.18. The number of halogens is 1. The first-order chi connectivity index (χ1) is 14.9. The number of rotatable bonds is 6. The molecule has 0 saturated heterocycles. The maximum absolute atomic E-state index is 13.7. The van der Waals surface area contributed by atoms with Gasteiger partial charge in [-0.25, -0.2) is 14.2 Å². The molecule has 0 bridgehead atoms. The molecule has 9 heteroatoms. The zero-order valence-corrected chi connectivity index (χ0v) is 17.8. The lowest BCUT2D eigenvalue weighted by Crippen LogP contribution is -2.12. The minimum absolute atomic E-state index is 0.100. The minimum atomic E-state index is -0.803. The number of ether oxygens (including phenoxy) is 3. The number of hydrogen-bond acceptors (Lipinski definition) is 8. The fourth-order valence-corrected chi connectivity index (χ4v) is 3.79. The SMILES string of the molecule is CCOC(=O)C1=C(O)/C(=C\c2cccc(F)c2O)SC1=Nc1ccc(OC)cc1OC. The standard InChI is InChI=1S/C22H20FNO6S/c1-4-30-22(27)18-20(26)17(10-12-6-5-7-14(23)19(12)25)31-21(18)24-15-9-8-13(28-2)11-16(15)29-3/h5-11,25-26H,4H2,1-3H3/b17-10+,24-21?. The van der Waals surface area contributed by atoms with Gasteiger partial charge in [-0.1, -0.05) is 23.9 Å². The van der Waals surface area contributed by atoms with E-state index in [4.69, 9.17) is 14.2 Å². The number of nitrogens with zero attached hydrogens (tertiary/aromatic N) is 1. The summed E-state index contributed by atoms with van der Waals surface area (Å²) in [5, 5.41) is 20.8. The van der Waals surface area contributed by atoms with Gasteiger partial charge in [-0.2, -0.15) is 0 Å². The molecule has 162 valence electrons. The summed E-state index contributed by atoms with van der Waals surface area (Å²) in [6, 6.07) is 8.97. The van der Waals surface area contributed by atoms with E-state index in [1.807, 2.05) is 0 Å². The Labute approximate surface area is 182 Å². The zero-order valence-electron chi connectivity index (χ0n) is 17.0. The topological polar surface area (TPSA) is 97.6 Å². The smallest absolute Gasteiger partial charge is 0.344 e. The van der Waals surface area contributed by atoms with Crippen LogP contribution < -0.4 is 9.47 Å². The van der Waals surface area contributed by atoms with E-state index in [1.54, 1.807) is 25.1 Å². The highest BCUT2D eigenvalue weighted by atomic mass is 32.2. The van der Waals surface area contributed by atoms with Gasteiger partial charge in [0, 0.05) is 11.6 Å². The van der Waals surface area contributed by atoms with Gasteiger partial charge in [0.25, 0.3) is 0 Å². The average Bonchev–Trinajstić information content (AvgIpc) is 3.06. The first kappa shape index (κ1) is 22.2. The maximum atomic E-state index is 13.7. The number of esters is 1. The van der Waals surface area contributed by atoms with Crippen LogP contribution in [0.1, 0.15) is 12.5 Å². The van der Waals surface area contributed by atoms with Crippen LogP contribution in [0.3, 0.4) is 0 Å². The molecule has 0 unspecified atom stereocenters. The first-order valence-corrected chi connectivity index (χ1v) is 10.00. The second-order valence-corrected chi connectivity index (χ2v) is 7.22. The summed E-state index contributed by atoms with van der Waals surface area (Å²) < 4.78 is 29.3. The zero-order chi connectivity index (χ0) is 22.5. The fraction of sp³-hybridized carbons (Fsp3) is 0.182. The molecule has 0 aromatic heterocycles. The largest absolute Gasteiger partial charge is 0.506 e. The third-order valence-corrected chi connectivity index (χ3v) is 5.30. The molecule has 0 radical (unpaired) electrons. The van der Waals surface area contributed by atoms with Crippen LogP contribution in [-0.2, 0) is 9.53 Å².